The average Bonchev–Trinajstić information content (AvgIpc) is 2.37. The summed E-state index contributed by atoms with van der Waals surface area (Å²) in [6.07, 6.45) is 5.81. The molecule has 92 valence electrons. The molecule has 0 radical (unpaired) electrons. The highest BCUT2D eigenvalue weighted by Crippen LogP contribution is 2.52. The summed E-state index contributed by atoms with van der Waals surface area (Å²) < 4.78 is 0. The molecule has 1 aliphatic heterocycles. The Kier molecular flexibility index (Phi) is 2.80. The van der Waals surface area contributed by atoms with E-state index in [1.807, 2.05) is 0 Å². The zero-order valence-corrected chi connectivity index (χ0v) is 11.1. The second-order valence-corrected chi connectivity index (χ2v) is 6.71. The Bertz CT molecular complexity index is 285. The molecule has 1 saturated heterocycles. The van der Waals surface area contributed by atoms with Crippen molar-refractivity contribution in [2.75, 3.05) is 0 Å². The van der Waals surface area contributed by atoms with E-state index in [9.17, 15) is 4.79 Å². The van der Waals surface area contributed by atoms with Crippen LogP contribution in [-0.4, -0.2) is 11.4 Å². The van der Waals surface area contributed by atoms with Crippen LogP contribution < -0.4 is 5.32 Å². The molecule has 0 aromatic rings. The monoisotopic (exact) mass is 223 g/mol. The normalized spacial score (nSPS) is 38.1. The van der Waals surface area contributed by atoms with Gasteiger partial charge in [0, 0.05) is 17.4 Å². The van der Waals surface area contributed by atoms with Crippen LogP contribution in [0.3, 0.4) is 0 Å². The third-order valence-corrected chi connectivity index (χ3v) is 5.21. The molecule has 2 fully saturated rings. The average molecular weight is 223 g/mol. The molecule has 16 heavy (non-hydrogen) atoms. The van der Waals surface area contributed by atoms with Crippen molar-refractivity contribution in [3.63, 3.8) is 0 Å². The van der Waals surface area contributed by atoms with Crippen LogP contribution in [0, 0.1) is 17.3 Å². The second-order valence-electron chi connectivity index (χ2n) is 6.71. The Balaban J connectivity index is 2.09. The van der Waals surface area contributed by atoms with Gasteiger partial charge in [0.15, 0.2) is 0 Å². The van der Waals surface area contributed by atoms with Gasteiger partial charge in [-0.05, 0) is 51.4 Å². The maximum absolute atomic E-state index is 11.6. The van der Waals surface area contributed by atoms with Gasteiger partial charge in [0.1, 0.15) is 0 Å². The van der Waals surface area contributed by atoms with Crippen molar-refractivity contribution < 1.29 is 4.79 Å². The fraction of sp³-hybridized carbons (Fsp3) is 0.929. The standard InChI is InChI=1S/C14H25NO/c1-10(2)11-5-7-14(8-6-11)9-12(16)15-13(14,3)4/h10-11H,5-9H2,1-4H3,(H,15,16). The van der Waals surface area contributed by atoms with Crippen LogP contribution in [0.4, 0.5) is 0 Å². The van der Waals surface area contributed by atoms with Gasteiger partial charge in [-0.15, -0.1) is 0 Å². The molecular formula is C14H25NO. The number of carbonyl (C=O) groups excluding carboxylic acids is 1. The summed E-state index contributed by atoms with van der Waals surface area (Å²) in [6.45, 7) is 9.05. The Hall–Kier alpha value is -0.530. The van der Waals surface area contributed by atoms with Gasteiger partial charge in [0.25, 0.3) is 0 Å². The van der Waals surface area contributed by atoms with E-state index < -0.39 is 0 Å². The van der Waals surface area contributed by atoms with Gasteiger partial charge in [0.05, 0.1) is 0 Å². The molecule has 0 aromatic heterocycles. The predicted octanol–water partition coefficient (Wildman–Crippen LogP) is 3.12. The number of nitrogens with one attached hydrogen (secondary N) is 1. The molecule has 0 unspecified atom stereocenters. The van der Waals surface area contributed by atoms with Gasteiger partial charge >= 0.3 is 0 Å². The Morgan fingerprint density at radius 2 is 1.81 bits per heavy atom. The van der Waals surface area contributed by atoms with Crippen LogP contribution in [0.2, 0.25) is 0 Å². The topological polar surface area (TPSA) is 29.1 Å². The largest absolute Gasteiger partial charge is 0.351 e. The fourth-order valence-corrected chi connectivity index (χ4v) is 3.71. The molecule has 0 atom stereocenters. The minimum Gasteiger partial charge on any atom is -0.351 e. The predicted molar refractivity (Wildman–Crippen MR) is 66.1 cm³/mol. The van der Waals surface area contributed by atoms with Crippen LogP contribution >= 0.6 is 0 Å². The lowest BCUT2D eigenvalue weighted by molar-refractivity contribution is -0.120. The smallest absolute Gasteiger partial charge is 0.221 e. The van der Waals surface area contributed by atoms with E-state index >= 15 is 0 Å². The molecule has 1 heterocycles. The van der Waals surface area contributed by atoms with Crippen molar-refractivity contribution in [2.24, 2.45) is 17.3 Å². The number of amides is 1. The highest BCUT2D eigenvalue weighted by Gasteiger charge is 2.53. The van der Waals surface area contributed by atoms with E-state index in [0.717, 1.165) is 18.3 Å². The highest BCUT2D eigenvalue weighted by molar-refractivity contribution is 5.80. The van der Waals surface area contributed by atoms with Crippen molar-refractivity contribution >= 4 is 5.91 Å². The van der Waals surface area contributed by atoms with Gasteiger partial charge in [-0.2, -0.15) is 0 Å². The summed E-state index contributed by atoms with van der Waals surface area (Å²) in [5.74, 6) is 1.93. The van der Waals surface area contributed by atoms with Crippen molar-refractivity contribution in [1.29, 1.82) is 0 Å². The molecule has 2 nitrogen and oxygen atoms in total. The van der Waals surface area contributed by atoms with Crippen molar-refractivity contribution in [1.82, 2.24) is 5.32 Å². The summed E-state index contributed by atoms with van der Waals surface area (Å²) in [5.41, 5.74) is 0.251. The highest BCUT2D eigenvalue weighted by atomic mass is 16.2. The van der Waals surface area contributed by atoms with Crippen LogP contribution in [-0.2, 0) is 4.79 Å². The summed E-state index contributed by atoms with van der Waals surface area (Å²) >= 11 is 0. The van der Waals surface area contributed by atoms with Crippen molar-refractivity contribution in [3.05, 3.63) is 0 Å². The Labute approximate surface area is 99.2 Å². The molecule has 1 amide bonds. The quantitative estimate of drug-likeness (QED) is 0.727. The number of carbonyl (C=O) groups is 1. The summed E-state index contributed by atoms with van der Waals surface area (Å²) in [4.78, 5) is 11.6. The fourth-order valence-electron chi connectivity index (χ4n) is 3.71. The first kappa shape index (κ1) is 11.9. The lowest BCUT2D eigenvalue weighted by Gasteiger charge is -2.46. The van der Waals surface area contributed by atoms with E-state index in [1.165, 1.54) is 25.7 Å². The van der Waals surface area contributed by atoms with E-state index in [4.69, 9.17) is 0 Å². The molecule has 1 spiro atoms. The summed E-state index contributed by atoms with van der Waals surface area (Å²) in [7, 11) is 0. The molecule has 1 saturated carbocycles. The SMILES string of the molecule is CC(C)C1CCC2(CC1)CC(=O)NC2(C)C. The van der Waals surface area contributed by atoms with Crippen LogP contribution in [0.1, 0.15) is 59.8 Å². The number of hydrogen-bond donors (Lipinski definition) is 1. The first-order valence-corrected chi connectivity index (χ1v) is 6.67. The van der Waals surface area contributed by atoms with Crippen molar-refractivity contribution in [2.45, 2.75) is 65.3 Å². The Morgan fingerprint density at radius 1 is 1.25 bits per heavy atom. The van der Waals surface area contributed by atoms with Crippen LogP contribution in [0.15, 0.2) is 0 Å². The maximum atomic E-state index is 11.6. The van der Waals surface area contributed by atoms with E-state index in [1.54, 1.807) is 0 Å². The first-order chi connectivity index (χ1) is 7.36. The third-order valence-electron chi connectivity index (χ3n) is 5.21. The van der Waals surface area contributed by atoms with E-state index in [0.29, 0.717) is 0 Å². The molecule has 1 N–H and O–H groups in total. The summed E-state index contributed by atoms with van der Waals surface area (Å²) in [6, 6.07) is 0. The second kappa shape index (κ2) is 3.75. The van der Waals surface area contributed by atoms with E-state index in [-0.39, 0.29) is 16.9 Å². The zero-order valence-electron chi connectivity index (χ0n) is 11.1. The molecule has 1 aliphatic carbocycles. The van der Waals surface area contributed by atoms with Gasteiger partial charge in [-0.25, -0.2) is 0 Å². The zero-order chi connectivity index (χ0) is 12.0. The third kappa shape index (κ3) is 1.76. The van der Waals surface area contributed by atoms with Gasteiger partial charge < -0.3 is 5.32 Å². The van der Waals surface area contributed by atoms with Gasteiger partial charge in [-0.3, -0.25) is 4.79 Å². The molecular weight excluding hydrogens is 198 g/mol. The van der Waals surface area contributed by atoms with E-state index in [2.05, 4.69) is 33.0 Å². The van der Waals surface area contributed by atoms with Crippen molar-refractivity contribution in [3.8, 4) is 0 Å². The molecule has 2 aliphatic rings. The Morgan fingerprint density at radius 3 is 2.19 bits per heavy atom. The summed E-state index contributed by atoms with van der Waals surface area (Å²) in [5, 5.41) is 3.16. The minimum atomic E-state index is 0.00598. The minimum absolute atomic E-state index is 0.00598. The lowest BCUT2D eigenvalue weighted by atomic mass is 9.60. The number of hydrogen-bond acceptors (Lipinski definition) is 1. The molecule has 2 heteroatoms. The lowest BCUT2D eigenvalue weighted by Crippen LogP contribution is -2.48. The first-order valence-electron chi connectivity index (χ1n) is 6.67. The van der Waals surface area contributed by atoms with Crippen LogP contribution in [0.5, 0.6) is 0 Å². The molecule has 0 aromatic carbocycles. The van der Waals surface area contributed by atoms with Gasteiger partial charge in [-0.1, -0.05) is 13.8 Å². The molecule has 0 bridgehead atoms. The molecule has 2 rings (SSSR count). The number of rotatable bonds is 1. The maximum Gasteiger partial charge on any atom is 0.221 e. The van der Waals surface area contributed by atoms with Gasteiger partial charge in [0.2, 0.25) is 5.91 Å². The van der Waals surface area contributed by atoms with Crippen LogP contribution in [0.25, 0.3) is 0 Å².